The van der Waals surface area contributed by atoms with Crippen molar-refractivity contribution in [2.24, 2.45) is 5.92 Å². The Labute approximate surface area is 114 Å². The van der Waals surface area contributed by atoms with Gasteiger partial charge in [-0.25, -0.2) is 4.39 Å². The molecular formula is C15H13FN2O2. The number of pyridine rings is 1. The van der Waals surface area contributed by atoms with Crippen LogP contribution >= 0.6 is 0 Å². The zero-order valence-electron chi connectivity index (χ0n) is 10.7. The van der Waals surface area contributed by atoms with Gasteiger partial charge < -0.3 is 5.32 Å². The van der Waals surface area contributed by atoms with Crippen LogP contribution in [0.3, 0.4) is 0 Å². The van der Waals surface area contributed by atoms with Gasteiger partial charge in [-0.15, -0.1) is 0 Å². The molecule has 1 heterocycles. The molecule has 1 fully saturated rings. The molecule has 0 saturated heterocycles. The van der Waals surface area contributed by atoms with Crippen LogP contribution < -0.4 is 10.9 Å². The quantitative estimate of drug-likeness (QED) is 0.932. The molecule has 2 aromatic rings. The van der Waals surface area contributed by atoms with Gasteiger partial charge in [-0.05, 0) is 31.0 Å². The van der Waals surface area contributed by atoms with Gasteiger partial charge >= 0.3 is 0 Å². The van der Waals surface area contributed by atoms with Gasteiger partial charge in [-0.1, -0.05) is 6.07 Å². The first-order valence-corrected chi connectivity index (χ1v) is 6.43. The maximum absolute atomic E-state index is 14.0. The highest BCUT2D eigenvalue weighted by molar-refractivity contribution is 5.94. The Morgan fingerprint density at radius 1 is 1.25 bits per heavy atom. The van der Waals surface area contributed by atoms with E-state index in [2.05, 4.69) is 5.32 Å². The largest absolute Gasteiger partial charge is 0.323 e. The van der Waals surface area contributed by atoms with Crippen molar-refractivity contribution in [1.82, 2.24) is 4.57 Å². The second-order valence-corrected chi connectivity index (χ2v) is 4.84. The van der Waals surface area contributed by atoms with Crippen molar-refractivity contribution >= 4 is 11.6 Å². The summed E-state index contributed by atoms with van der Waals surface area (Å²) in [4.78, 5) is 23.3. The van der Waals surface area contributed by atoms with Crippen molar-refractivity contribution < 1.29 is 9.18 Å². The molecule has 0 atom stereocenters. The number of anilines is 1. The van der Waals surface area contributed by atoms with Crippen LogP contribution in [-0.2, 0) is 4.79 Å². The molecule has 0 unspecified atom stereocenters. The zero-order chi connectivity index (χ0) is 14.1. The summed E-state index contributed by atoms with van der Waals surface area (Å²) in [5.41, 5.74) is 0.341. The summed E-state index contributed by atoms with van der Waals surface area (Å²) in [6.07, 6.45) is 3.30. The minimum absolute atomic E-state index is 0.0193. The Morgan fingerprint density at radius 2 is 2.05 bits per heavy atom. The molecule has 20 heavy (non-hydrogen) atoms. The molecule has 1 saturated carbocycles. The standard InChI is InChI=1S/C15H13FN2O2/c16-12-9-11(18-8-2-1-3-14(18)19)6-7-13(12)17-15(20)10-4-5-10/h1-3,6-10H,4-5H2,(H,17,20). The van der Waals surface area contributed by atoms with E-state index in [1.807, 2.05) is 0 Å². The van der Waals surface area contributed by atoms with Crippen molar-refractivity contribution in [3.05, 3.63) is 58.8 Å². The van der Waals surface area contributed by atoms with Crippen LogP contribution in [0.5, 0.6) is 0 Å². The van der Waals surface area contributed by atoms with Gasteiger partial charge in [0.1, 0.15) is 5.82 Å². The molecule has 102 valence electrons. The van der Waals surface area contributed by atoms with E-state index in [1.165, 1.54) is 22.8 Å². The molecule has 0 radical (unpaired) electrons. The first-order valence-electron chi connectivity index (χ1n) is 6.43. The highest BCUT2D eigenvalue weighted by atomic mass is 19.1. The van der Waals surface area contributed by atoms with Crippen LogP contribution in [0.1, 0.15) is 12.8 Å². The number of nitrogens with one attached hydrogen (secondary N) is 1. The molecule has 1 aromatic carbocycles. The van der Waals surface area contributed by atoms with Gasteiger partial charge in [0.2, 0.25) is 5.91 Å². The lowest BCUT2D eigenvalue weighted by molar-refractivity contribution is -0.117. The van der Waals surface area contributed by atoms with Gasteiger partial charge in [-0.2, -0.15) is 0 Å². The number of hydrogen-bond acceptors (Lipinski definition) is 2. The predicted molar refractivity (Wildman–Crippen MR) is 73.4 cm³/mol. The number of aromatic nitrogens is 1. The summed E-state index contributed by atoms with van der Waals surface area (Å²) < 4.78 is 15.3. The normalized spacial score (nSPS) is 14.1. The number of rotatable bonds is 3. The SMILES string of the molecule is O=C(Nc1ccc(-n2ccccc2=O)cc1F)C1CC1. The van der Waals surface area contributed by atoms with Gasteiger partial charge in [0, 0.05) is 24.2 Å². The van der Waals surface area contributed by atoms with Crippen molar-refractivity contribution in [1.29, 1.82) is 0 Å². The third kappa shape index (κ3) is 2.47. The lowest BCUT2D eigenvalue weighted by Crippen LogP contribution is -2.17. The van der Waals surface area contributed by atoms with Crippen LogP contribution in [0.25, 0.3) is 5.69 Å². The molecular weight excluding hydrogens is 259 g/mol. The molecule has 3 rings (SSSR count). The molecule has 0 aliphatic heterocycles. The number of amides is 1. The van der Waals surface area contributed by atoms with E-state index in [-0.39, 0.29) is 23.1 Å². The second-order valence-electron chi connectivity index (χ2n) is 4.84. The summed E-state index contributed by atoms with van der Waals surface area (Å²) >= 11 is 0. The lowest BCUT2D eigenvalue weighted by atomic mass is 10.2. The highest BCUT2D eigenvalue weighted by Crippen LogP contribution is 2.30. The van der Waals surface area contributed by atoms with Crippen molar-refractivity contribution in [2.45, 2.75) is 12.8 Å². The van der Waals surface area contributed by atoms with E-state index in [0.717, 1.165) is 12.8 Å². The minimum atomic E-state index is -0.549. The Balaban J connectivity index is 1.89. The van der Waals surface area contributed by atoms with E-state index in [4.69, 9.17) is 0 Å². The molecule has 1 aliphatic rings. The van der Waals surface area contributed by atoms with Gasteiger partial charge in [0.05, 0.1) is 11.4 Å². The molecule has 1 amide bonds. The number of nitrogens with zero attached hydrogens (tertiary/aromatic N) is 1. The van der Waals surface area contributed by atoms with E-state index < -0.39 is 5.82 Å². The Kier molecular flexibility index (Phi) is 3.10. The van der Waals surface area contributed by atoms with Crippen LogP contribution in [0, 0.1) is 11.7 Å². The number of halogens is 1. The Morgan fingerprint density at radius 3 is 2.70 bits per heavy atom. The fraction of sp³-hybridized carbons (Fsp3) is 0.200. The topological polar surface area (TPSA) is 51.1 Å². The van der Waals surface area contributed by atoms with Crippen LogP contribution in [0.4, 0.5) is 10.1 Å². The molecule has 1 aromatic heterocycles. The number of carbonyl (C=O) groups is 1. The number of benzene rings is 1. The maximum atomic E-state index is 14.0. The van der Waals surface area contributed by atoms with Crippen molar-refractivity contribution in [3.63, 3.8) is 0 Å². The summed E-state index contributed by atoms with van der Waals surface area (Å²) in [5, 5.41) is 2.56. The van der Waals surface area contributed by atoms with Crippen LogP contribution in [0.2, 0.25) is 0 Å². The average molecular weight is 272 g/mol. The van der Waals surface area contributed by atoms with Crippen molar-refractivity contribution in [3.8, 4) is 5.69 Å². The zero-order valence-corrected chi connectivity index (χ0v) is 10.7. The Bertz CT molecular complexity index is 720. The van der Waals surface area contributed by atoms with Gasteiger partial charge in [0.15, 0.2) is 0 Å². The smallest absolute Gasteiger partial charge is 0.255 e. The van der Waals surface area contributed by atoms with Crippen molar-refractivity contribution in [2.75, 3.05) is 5.32 Å². The fourth-order valence-electron chi connectivity index (χ4n) is 1.98. The summed E-state index contributed by atoms with van der Waals surface area (Å²) in [6, 6.07) is 9.05. The molecule has 0 spiro atoms. The average Bonchev–Trinajstić information content (AvgIpc) is 3.26. The highest BCUT2D eigenvalue weighted by Gasteiger charge is 2.30. The molecule has 5 heteroatoms. The number of carbonyl (C=O) groups excluding carboxylic acids is 1. The van der Waals surface area contributed by atoms with Gasteiger partial charge in [-0.3, -0.25) is 14.2 Å². The monoisotopic (exact) mass is 272 g/mol. The van der Waals surface area contributed by atoms with Gasteiger partial charge in [0.25, 0.3) is 5.56 Å². The first kappa shape index (κ1) is 12.6. The van der Waals surface area contributed by atoms with E-state index in [0.29, 0.717) is 5.69 Å². The van der Waals surface area contributed by atoms with E-state index in [1.54, 1.807) is 24.4 Å². The van der Waals surface area contributed by atoms with E-state index in [9.17, 15) is 14.0 Å². The summed E-state index contributed by atoms with van der Waals surface area (Å²) in [5.74, 6) is -0.674. The predicted octanol–water partition coefficient (Wildman–Crippen LogP) is 2.33. The fourth-order valence-corrected chi connectivity index (χ4v) is 1.98. The molecule has 1 aliphatic carbocycles. The minimum Gasteiger partial charge on any atom is -0.323 e. The lowest BCUT2D eigenvalue weighted by Gasteiger charge is -2.09. The third-order valence-corrected chi connectivity index (χ3v) is 3.26. The summed E-state index contributed by atoms with van der Waals surface area (Å²) in [7, 11) is 0. The second kappa shape index (κ2) is 4.92. The van der Waals surface area contributed by atoms with Crippen LogP contribution in [0.15, 0.2) is 47.4 Å². The van der Waals surface area contributed by atoms with E-state index >= 15 is 0 Å². The molecule has 0 bridgehead atoms. The maximum Gasteiger partial charge on any atom is 0.255 e. The summed E-state index contributed by atoms with van der Waals surface area (Å²) in [6.45, 7) is 0. The Hall–Kier alpha value is -2.43. The number of hydrogen-bond donors (Lipinski definition) is 1. The van der Waals surface area contributed by atoms with Crippen LogP contribution in [-0.4, -0.2) is 10.5 Å². The molecule has 1 N–H and O–H groups in total. The first-order chi connectivity index (χ1) is 9.65. The molecule has 4 nitrogen and oxygen atoms in total. The third-order valence-electron chi connectivity index (χ3n) is 3.26.